The van der Waals surface area contributed by atoms with Crippen LogP contribution in [0.5, 0.6) is 0 Å². The molecule has 0 saturated carbocycles. The predicted octanol–water partition coefficient (Wildman–Crippen LogP) is 2.51. The van der Waals surface area contributed by atoms with Crippen LogP contribution < -0.4 is 0 Å². The summed E-state index contributed by atoms with van der Waals surface area (Å²) in [4.78, 5) is 2.63. The average molecular weight is 227 g/mol. The van der Waals surface area contributed by atoms with E-state index in [-0.39, 0.29) is 5.69 Å². The van der Waals surface area contributed by atoms with Gasteiger partial charge in [-0.05, 0) is 12.1 Å². The van der Waals surface area contributed by atoms with E-state index in [0.717, 1.165) is 0 Å². The van der Waals surface area contributed by atoms with Gasteiger partial charge in [0.15, 0.2) is 0 Å². The van der Waals surface area contributed by atoms with Gasteiger partial charge in [-0.25, -0.2) is 13.2 Å². The molecule has 0 aliphatic heterocycles. The molecular formula is C11H8F3NO. The molecule has 0 aliphatic carbocycles. The number of benzene rings is 1. The Morgan fingerprint density at radius 3 is 2.25 bits per heavy atom. The van der Waals surface area contributed by atoms with Crippen LogP contribution in [0.4, 0.5) is 13.2 Å². The fourth-order valence-electron chi connectivity index (χ4n) is 1.48. The van der Waals surface area contributed by atoms with Crippen LogP contribution in [0, 0.1) is 17.5 Å². The molecule has 0 amide bonds. The monoisotopic (exact) mass is 227 g/mol. The number of halogens is 3. The third-order valence-corrected chi connectivity index (χ3v) is 2.23. The van der Waals surface area contributed by atoms with Gasteiger partial charge in [0.1, 0.15) is 23.6 Å². The second-order valence-corrected chi connectivity index (χ2v) is 3.31. The minimum absolute atomic E-state index is 0.240. The smallest absolute Gasteiger partial charge is 0.135 e. The van der Waals surface area contributed by atoms with E-state index in [2.05, 4.69) is 4.98 Å². The van der Waals surface area contributed by atoms with Gasteiger partial charge in [-0.3, -0.25) is 0 Å². The van der Waals surface area contributed by atoms with Gasteiger partial charge in [0.05, 0.1) is 5.56 Å². The number of hydrogen-bond acceptors (Lipinski definition) is 1. The Balaban J connectivity index is 2.48. The molecule has 2 nitrogen and oxygen atoms in total. The third kappa shape index (κ3) is 1.81. The van der Waals surface area contributed by atoms with E-state index in [1.165, 1.54) is 12.3 Å². The van der Waals surface area contributed by atoms with Crippen LogP contribution in [0.25, 0.3) is 0 Å². The quantitative estimate of drug-likeness (QED) is 0.812. The first-order valence-electron chi connectivity index (χ1n) is 4.55. The van der Waals surface area contributed by atoms with E-state index in [0.29, 0.717) is 12.1 Å². The van der Waals surface area contributed by atoms with E-state index in [9.17, 15) is 18.3 Å². The van der Waals surface area contributed by atoms with Gasteiger partial charge in [-0.15, -0.1) is 0 Å². The zero-order valence-corrected chi connectivity index (χ0v) is 8.05. The highest BCUT2D eigenvalue weighted by molar-refractivity contribution is 5.29. The van der Waals surface area contributed by atoms with Gasteiger partial charge in [0.2, 0.25) is 0 Å². The summed E-state index contributed by atoms with van der Waals surface area (Å²) in [5.41, 5.74) is -0.326. The molecule has 1 aromatic carbocycles. The molecule has 1 heterocycles. The van der Waals surface area contributed by atoms with Crippen molar-refractivity contribution < 1.29 is 18.3 Å². The summed E-state index contributed by atoms with van der Waals surface area (Å²) in [6.45, 7) is 0. The molecule has 1 atom stereocenters. The van der Waals surface area contributed by atoms with E-state index < -0.39 is 29.1 Å². The van der Waals surface area contributed by atoms with E-state index >= 15 is 0 Å². The average Bonchev–Trinajstić information content (AvgIpc) is 2.67. The Kier molecular flexibility index (Phi) is 2.70. The summed E-state index contributed by atoms with van der Waals surface area (Å²) in [6.07, 6.45) is 0.0355. The van der Waals surface area contributed by atoms with Crippen LogP contribution in [0.15, 0.2) is 30.5 Å². The molecule has 0 fully saturated rings. The Morgan fingerprint density at radius 1 is 1.12 bits per heavy atom. The summed E-state index contributed by atoms with van der Waals surface area (Å²) in [5.74, 6) is -3.24. The standard InChI is InChI=1S/C11H8F3NO/c12-6-4-7(13)10(8(14)5-6)11(16)9-2-1-3-15-9/h1-5,11,15-16H. The van der Waals surface area contributed by atoms with Gasteiger partial charge >= 0.3 is 0 Å². The van der Waals surface area contributed by atoms with Crippen molar-refractivity contribution in [2.75, 3.05) is 0 Å². The Labute approximate surface area is 89.4 Å². The molecule has 0 saturated heterocycles. The van der Waals surface area contributed by atoms with Crippen LogP contribution >= 0.6 is 0 Å². The van der Waals surface area contributed by atoms with Crippen molar-refractivity contribution in [1.29, 1.82) is 0 Å². The highest BCUT2D eigenvalue weighted by Crippen LogP contribution is 2.26. The number of rotatable bonds is 2. The largest absolute Gasteiger partial charge is 0.382 e. The van der Waals surface area contributed by atoms with Crippen LogP contribution in [-0.2, 0) is 0 Å². The topological polar surface area (TPSA) is 36.0 Å². The van der Waals surface area contributed by atoms with Gasteiger partial charge in [-0.1, -0.05) is 0 Å². The van der Waals surface area contributed by atoms with Crippen molar-refractivity contribution in [3.8, 4) is 0 Å². The molecule has 0 radical (unpaired) electrons. The SMILES string of the molecule is OC(c1ccc[nH]1)c1c(F)cc(F)cc1F. The summed E-state index contributed by atoms with van der Waals surface area (Å²) in [6, 6.07) is 4.12. The number of aromatic nitrogens is 1. The van der Waals surface area contributed by atoms with Crippen LogP contribution in [0.2, 0.25) is 0 Å². The normalized spacial score (nSPS) is 12.8. The molecule has 16 heavy (non-hydrogen) atoms. The second kappa shape index (κ2) is 4.02. The van der Waals surface area contributed by atoms with Gasteiger partial charge < -0.3 is 10.1 Å². The molecule has 0 aliphatic rings. The van der Waals surface area contributed by atoms with E-state index in [4.69, 9.17) is 0 Å². The molecule has 2 N–H and O–H groups in total. The zero-order valence-electron chi connectivity index (χ0n) is 8.05. The summed E-state index contributed by atoms with van der Waals surface area (Å²) in [7, 11) is 0. The maximum absolute atomic E-state index is 13.3. The fourth-order valence-corrected chi connectivity index (χ4v) is 1.48. The molecule has 0 spiro atoms. The fraction of sp³-hybridized carbons (Fsp3) is 0.0909. The first-order valence-corrected chi connectivity index (χ1v) is 4.55. The lowest BCUT2D eigenvalue weighted by Gasteiger charge is -2.11. The first-order chi connectivity index (χ1) is 7.59. The molecule has 5 heteroatoms. The number of aromatic amines is 1. The lowest BCUT2D eigenvalue weighted by Crippen LogP contribution is -2.06. The zero-order chi connectivity index (χ0) is 11.7. The predicted molar refractivity (Wildman–Crippen MR) is 51.2 cm³/mol. The lowest BCUT2D eigenvalue weighted by atomic mass is 10.1. The van der Waals surface area contributed by atoms with Crippen molar-refractivity contribution in [2.24, 2.45) is 0 Å². The van der Waals surface area contributed by atoms with Crippen molar-refractivity contribution in [1.82, 2.24) is 4.98 Å². The second-order valence-electron chi connectivity index (χ2n) is 3.31. The van der Waals surface area contributed by atoms with Crippen molar-refractivity contribution in [3.63, 3.8) is 0 Å². The van der Waals surface area contributed by atoms with Crippen molar-refractivity contribution in [2.45, 2.75) is 6.10 Å². The minimum Gasteiger partial charge on any atom is -0.382 e. The number of aliphatic hydroxyl groups excluding tert-OH is 1. The van der Waals surface area contributed by atoms with Crippen LogP contribution in [0.3, 0.4) is 0 Å². The first kappa shape index (κ1) is 10.8. The molecule has 2 aromatic rings. The molecule has 84 valence electrons. The van der Waals surface area contributed by atoms with Gasteiger partial charge in [0.25, 0.3) is 0 Å². The Hall–Kier alpha value is -1.75. The molecule has 1 unspecified atom stereocenters. The minimum atomic E-state index is -1.48. The summed E-state index contributed by atoms with van der Waals surface area (Å²) in [5, 5.41) is 9.70. The maximum atomic E-state index is 13.3. The van der Waals surface area contributed by atoms with Crippen LogP contribution in [-0.4, -0.2) is 10.1 Å². The Morgan fingerprint density at radius 2 is 1.75 bits per heavy atom. The lowest BCUT2D eigenvalue weighted by molar-refractivity contribution is 0.204. The highest BCUT2D eigenvalue weighted by Gasteiger charge is 2.21. The summed E-state index contributed by atoms with van der Waals surface area (Å²) < 4.78 is 39.2. The van der Waals surface area contributed by atoms with E-state index in [1.54, 1.807) is 6.07 Å². The third-order valence-electron chi connectivity index (χ3n) is 2.23. The highest BCUT2D eigenvalue weighted by atomic mass is 19.1. The molecular weight excluding hydrogens is 219 g/mol. The van der Waals surface area contributed by atoms with Gasteiger partial charge in [-0.2, -0.15) is 0 Å². The number of hydrogen-bond donors (Lipinski definition) is 2. The maximum Gasteiger partial charge on any atom is 0.135 e. The Bertz CT molecular complexity index is 473. The van der Waals surface area contributed by atoms with Gasteiger partial charge in [0, 0.05) is 24.0 Å². The number of H-pyrrole nitrogens is 1. The number of aliphatic hydroxyl groups is 1. The molecule has 1 aromatic heterocycles. The molecule has 0 bridgehead atoms. The van der Waals surface area contributed by atoms with Crippen molar-refractivity contribution in [3.05, 3.63) is 59.2 Å². The van der Waals surface area contributed by atoms with Crippen LogP contribution in [0.1, 0.15) is 17.4 Å². The number of nitrogens with one attached hydrogen (secondary N) is 1. The summed E-state index contributed by atoms with van der Waals surface area (Å²) >= 11 is 0. The molecule has 2 rings (SSSR count). The van der Waals surface area contributed by atoms with E-state index in [1.807, 2.05) is 0 Å². The van der Waals surface area contributed by atoms with Crippen molar-refractivity contribution >= 4 is 0 Å².